The molecule has 0 saturated carbocycles. The largest absolute Gasteiger partial charge is 0.490 e. The van der Waals surface area contributed by atoms with Gasteiger partial charge in [0.1, 0.15) is 12.4 Å². The van der Waals surface area contributed by atoms with Crippen molar-refractivity contribution in [3.8, 4) is 5.75 Å². The second-order valence-corrected chi connectivity index (χ2v) is 8.96. The van der Waals surface area contributed by atoms with Gasteiger partial charge in [-0.1, -0.05) is 50.9 Å². The number of hydrogen-bond donors (Lipinski definition) is 0. The van der Waals surface area contributed by atoms with Crippen LogP contribution in [0.25, 0.3) is 0 Å². The predicted octanol–water partition coefficient (Wildman–Crippen LogP) is 5.89. The van der Waals surface area contributed by atoms with Crippen molar-refractivity contribution in [3.05, 3.63) is 50.2 Å². The van der Waals surface area contributed by atoms with Crippen molar-refractivity contribution in [3.63, 3.8) is 0 Å². The Bertz CT molecular complexity index is 731. The van der Waals surface area contributed by atoms with Gasteiger partial charge in [-0.05, 0) is 31.6 Å². The van der Waals surface area contributed by atoms with E-state index in [1.807, 2.05) is 13.0 Å². The number of rotatable bonds is 0. The van der Waals surface area contributed by atoms with Crippen molar-refractivity contribution in [1.82, 2.24) is 0 Å². The topological polar surface area (TPSA) is 18.5 Å². The van der Waals surface area contributed by atoms with Crippen LogP contribution in [0.1, 0.15) is 24.8 Å². The van der Waals surface area contributed by atoms with Crippen LogP contribution >= 0.6 is 50.9 Å². The van der Waals surface area contributed by atoms with Gasteiger partial charge in [-0.15, -0.1) is 0 Å². The number of allylic oxidation sites excluding steroid dienone is 2. The van der Waals surface area contributed by atoms with Crippen LogP contribution in [-0.4, -0.2) is 16.7 Å². The minimum atomic E-state index is -0.258. The minimum Gasteiger partial charge on any atom is -0.490 e. The van der Waals surface area contributed by atoms with Gasteiger partial charge in [-0.2, -0.15) is 0 Å². The lowest BCUT2D eigenvalue weighted by atomic mass is 9.79. The summed E-state index contributed by atoms with van der Waals surface area (Å²) in [5, 5.41) is 2.23. The molecule has 3 aliphatic heterocycles. The van der Waals surface area contributed by atoms with Gasteiger partial charge in [0, 0.05) is 27.8 Å². The van der Waals surface area contributed by atoms with Gasteiger partial charge in [-0.25, -0.2) is 0 Å². The zero-order valence-corrected chi connectivity index (χ0v) is 15.7. The normalized spacial score (nSPS) is 29.6. The first kappa shape index (κ1) is 15.3. The quantitative estimate of drug-likeness (QED) is 0.488. The van der Waals surface area contributed by atoms with E-state index in [1.165, 1.54) is 5.57 Å². The van der Waals surface area contributed by atoms with Gasteiger partial charge in [0.05, 0.1) is 15.1 Å². The highest BCUT2D eigenvalue weighted by Crippen LogP contribution is 2.58. The molecule has 2 nitrogen and oxygen atoms in total. The van der Waals surface area contributed by atoms with E-state index in [9.17, 15) is 0 Å². The molecule has 116 valence electrons. The van der Waals surface area contributed by atoms with Gasteiger partial charge in [0.2, 0.25) is 0 Å². The van der Waals surface area contributed by atoms with E-state index in [0.717, 1.165) is 34.3 Å². The van der Waals surface area contributed by atoms with Crippen molar-refractivity contribution < 1.29 is 9.47 Å². The van der Waals surface area contributed by atoms with Crippen molar-refractivity contribution in [2.45, 2.75) is 23.6 Å². The van der Waals surface area contributed by atoms with Crippen LogP contribution in [0.2, 0.25) is 10.0 Å². The highest BCUT2D eigenvalue weighted by atomic mass is 79.9. The molecule has 0 bridgehead atoms. The highest BCUT2D eigenvalue weighted by Gasteiger charge is 2.50. The van der Waals surface area contributed by atoms with Gasteiger partial charge >= 0.3 is 0 Å². The zero-order valence-electron chi connectivity index (χ0n) is 11.8. The Morgan fingerprint density at radius 3 is 3.00 bits per heavy atom. The molecule has 0 fully saturated rings. The van der Waals surface area contributed by atoms with E-state index in [4.69, 9.17) is 32.7 Å². The first-order valence-corrected chi connectivity index (χ1v) is 9.54. The summed E-state index contributed by atoms with van der Waals surface area (Å²) in [6.45, 7) is 2.53. The van der Waals surface area contributed by atoms with Crippen molar-refractivity contribution in [2.75, 3.05) is 12.4 Å². The summed E-state index contributed by atoms with van der Waals surface area (Å²) in [7, 11) is 0. The molecule has 0 radical (unpaired) electrons. The zero-order chi connectivity index (χ0) is 15.5. The molecular formula is C16H13BrCl2O2S. The molecule has 0 spiro atoms. The maximum Gasteiger partial charge on any atom is 0.161 e. The molecule has 0 unspecified atom stereocenters. The van der Waals surface area contributed by atoms with E-state index in [-0.39, 0.29) is 10.2 Å². The second-order valence-electron chi connectivity index (χ2n) is 5.71. The number of halogens is 3. The van der Waals surface area contributed by atoms with E-state index in [1.54, 1.807) is 17.8 Å². The molecule has 1 aromatic rings. The third kappa shape index (κ3) is 2.22. The molecule has 0 aliphatic carbocycles. The molecule has 22 heavy (non-hydrogen) atoms. The number of thioether (sulfide) groups is 1. The third-order valence-electron chi connectivity index (χ3n) is 4.37. The monoisotopic (exact) mass is 418 g/mol. The van der Waals surface area contributed by atoms with Crippen LogP contribution in [0, 0.1) is 0 Å². The highest BCUT2D eigenvalue weighted by molar-refractivity contribution is 9.10. The van der Waals surface area contributed by atoms with Crippen LogP contribution in [0.5, 0.6) is 5.75 Å². The maximum absolute atomic E-state index is 6.30. The van der Waals surface area contributed by atoms with Crippen LogP contribution in [-0.2, 0) is 4.74 Å². The smallest absolute Gasteiger partial charge is 0.161 e. The Labute approximate surface area is 152 Å². The van der Waals surface area contributed by atoms with Gasteiger partial charge in [0.25, 0.3) is 0 Å². The second kappa shape index (κ2) is 5.37. The van der Waals surface area contributed by atoms with Crippen molar-refractivity contribution >= 4 is 50.9 Å². The summed E-state index contributed by atoms with van der Waals surface area (Å²) in [6, 6.07) is 3.71. The first-order valence-electron chi connectivity index (χ1n) is 7.01. The van der Waals surface area contributed by atoms with Gasteiger partial charge in [-0.3, -0.25) is 0 Å². The molecule has 6 heteroatoms. The molecule has 2 atom stereocenters. The first-order chi connectivity index (χ1) is 10.5. The van der Waals surface area contributed by atoms with Crippen LogP contribution < -0.4 is 4.74 Å². The molecule has 3 heterocycles. The Hall–Kier alpha value is -0.290. The molecule has 0 aromatic heterocycles. The molecule has 4 rings (SSSR count). The summed E-state index contributed by atoms with van der Waals surface area (Å²) < 4.78 is 11.6. The number of hydrogen-bond acceptors (Lipinski definition) is 3. The number of alkyl halides is 1. The summed E-state index contributed by atoms with van der Waals surface area (Å²) in [6.07, 6.45) is 2.99. The van der Waals surface area contributed by atoms with Crippen molar-refractivity contribution in [2.24, 2.45) is 0 Å². The van der Waals surface area contributed by atoms with E-state index >= 15 is 0 Å². The van der Waals surface area contributed by atoms with Crippen LogP contribution in [0.15, 0.2) is 34.6 Å². The van der Waals surface area contributed by atoms with E-state index in [0.29, 0.717) is 16.7 Å². The van der Waals surface area contributed by atoms with Crippen LogP contribution in [0.3, 0.4) is 0 Å². The Morgan fingerprint density at radius 1 is 1.36 bits per heavy atom. The Kier molecular flexibility index (Phi) is 3.72. The molecular weight excluding hydrogens is 407 g/mol. The lowest BCUT2D eigenvalue weighted by Gasteiger charge is -2.46. The van der Waals surface area contributed by atoms with Gasteiger partial charge in [0.15, 0.2) is 5.09 Å². The average molecular weight is 420 g/mol. The lowest BCUT2D eigenvalue weighted by molar-refractivity contribution is 0.232. The number of benzene rings is 1. The predicted molar refractivity (Wildman–Crippen MR) is 95.3 cm³/mol. The minimum absolute atomic E-state index is 0.256. The summed E-state index contributed by atoms with van der Waals surface area (Å²) in [4.78, 5) is 0. The lowest BCUT2D eigenvalue weighted by Crippen LogP contribution is -2.45. The fourth-order valence-corrected chi connectivity index (χ4v) is 6.41. The fraction of sp³-hybridized carbons (Fsp3) is 0.375. The standard InChI is InChI=1S/C16H13BrCl2O2S/c1-8-2-3-11-15(21-8)22-6-12-10-4-9(18)5-13(19)14(10)20-7-16(11,12)17/h2,4-5,12H,3,6-7H2,1H3/t12-,16+/m0/s1. The SMILES string of the molecule is CC1=CCC2=C(O1)SC[C@H]1c3cc(Cl)cc(Cl)c3OC[C@@]21Br. The van der Waals surface area contributed by atoms with Gasteiger partial charge < -0.3 is 9.47 Å². The van der Waals surface area contributed by atoms with Crippen LogP contribution in [0.4, 0.5) is 0 Å². The van der Waals surface area contributed by atoms with E-state index < -0.39 is 0 Å². The molecule has 1 aromatic carbocycles. The number of fused-ring (bicyclic) bond motifs is 4. The van der Waals surface area contributed by atoms with E-state index in [2.05, 4.69) is 22.0 Å². The summed E-state index contributed by atoms with van der Waals surface area (Å²) in [5.74, 6) is 2.89. The molecule has 0 saturated heterocycles. The van der Waals surface area contributed by atoms with Crippen molar-refractivity contribution in [1.29, 1.82) is 0 Å². The summed E-state index contributed by atoms with van der Waals surface area (Å²) >= 11 is 18.2. The number of ether oxygens (including phenoxy) is 2. The maximum atomic E-state index is 6.30. The Morgan fingerprint density at radius 2 is 2.18 bits per heavy atom. The Balaban J connectivity index is 1.82. The fourth-order valence-electron chi connectivity index (χ4n) is 3.23. The average Bonchev–Trinajstić information content (AvgIpc) is 2.45. The molecule has 0 N–H and O–H groups in total. The molecule has 0 amide bonds. The third-order valence-corrected chi connectivity index (χ3v) is 7.22. The molecule has 3 aliphatic rings. The summed E-state index contributed by atoms with van der Waals surface area (Å²) in [5.41, 5.74) is 2.33.